The first-order valence-corrected chi connectivity index (χ1v) is 5.98. The van der Waals surface area contributed by atoms with Crippen LogP contribution in [0.4, 0.5) is 6.01 Å². The first-order chi connectivity index (χ1) is 7.31. The minimum Gasteiger partial charge on any atom is -0.408 e. The summed E-state index contributed by atoms with van der Waals surface area (Å²) in [7, 11) is 0. The molecule has 0 unspecified atom stereocenters. The van der Waals surface area contributed by atoms with E-state index in [4.69, 9.17) is 16.0 Å². The van der Waals surface area contributed by atoms with Crippen LogP contribution < -0.4 is 4.90 Å². The van der Waals surface area contributed by atoms with E-state index in [0.29, 0.717) is 24.2 Å². The minimum absolute atomic E-state index is 0.517. The average Bonchev–Trinajstić information content (AvgIpc) is 2.67. The lowest BCUT2D eigenvalue weighted by atomic mass is 10.4. The molecule has 5 heteroatoms. The fraction of sp³-hybridized carbons (Fsp3) is 0.800. The molecule has 0 N–H and O–H groups in total. The molecular weight excluding hydrogens is 214 g/mol. The van der Waals surface area contributed by atoms with Gasteiger partial charge in [-0.2, -0.15) is 0 Å². The largest absolute Gasteiger partial charge is 0.408 e. The van der Waals surface area contributed by atoms with Gasteiger partial charge in [-0.3, -0.25) is 0 Å². The second-order valence-corrected chi connectivity index (χ2v) is 3.78. The van der Waals surface area contributed by atoms with Crippen LogP contribution in [0.25, 0.3) is 0 Å². The summed E-state index contributed by atoms with van der Waals surface area (Å²) < 4.78 is 5.51. The molecule has 15 heavy (non-hydrogen) atoms. The van der Waals surface area contributed by atoms with E-state index in [1.54, 1.807) is 0 Å². The summed E-state index contributed by atoms with van der Waals surface area (Å²) in [6.07, 6.45) is 2.79. The molecule has 0 radical (unpaired) electrons. The maximum absolute atomic E-state index is 5.61. The zero-order valence-corrected chi connectivity index (χ0v) is 10.1. The summed E-state index contributed by atoms with van der Waals surface area (Å²) in [5.41, 5.74) is 0. The Bertz CT molecular complexity index is 271. The molecule has 86 valence electrons. The lowest BCUT2D eigenvalue weighted by Gasteiger charge is -2.17. The summed E-state index contributed by atoms with van der Waals surface area (Å²) in [4.78, 5) is 2.12. The van der Waals surface area contributed by atoms with Crippen molar-refractivity contribution in [2.75, 3.05) is 23.9 Å². The first-order valence-electron chi connectivity index (χ1n) is 5.45. The van der Waals surface area contributed by atoms with Crippen molar-refractivity contribution in [2.45, 2.75) is 33.1 Å². The number of rotatable bonds is 7. The summed E-state index contributed by atoms with van der Waals surface area (Å²) in [5.74, 6) is 1.14. The molecule has 0 amide bonds. The fourth-order valence-electron chi connectivity index (χ4n) is 1.40. The average molecular weight is 232 g/mol. The molecule has 0 aliphatic heterocycles. The summed E-state index contributed by atoms with van der Waals surface area (Å²) in [5, 5.41) is 7.97. The molecule has 1 rings (SSSR count). The Balaban J connectivity index is 2.63. The van der Waals surface area contributed by atoms with Gasteiger partial charge < -0.3 is 9.32 Å². The second-order valence-electron chi connectivity index (χ2n) is 3.40. The molecule has 1 aromatic heterocycles. The van der Waals surface area contributed by atoms with Crippen molar-refractivity contribution in [1.82, 2.24) is 10.2 Å². The summed E-state index contributed by atoms with van der Waals surface area (Å²) >= 11 is 5.61. The van der Waals surface area contributed by atoms with Gasteiger partial charge in [-0.1, -0.05) is 18.9 Å². The van der Waals surface area contributed by atoms with Crippen LogP contribution in [0.5, 0.6) is 0 Å². The molecule has 0 bridgehead atoms. The van der Waals surface area contributed by atoms with Crippen molar-refractivity contribution in [3.8, 4) is 0 Å². The van der Waals surface area contributed by atoms with Gasteiger partial charge in [0.05, 0.1) is 0 Å². The van der Waals surface area contributed by atoms with E-state index in [0.717, 1.165) is 25.9 Å². The van der Waals surface area contributed by atoms with Crippen LogP contribution in [-0.2, 0) is 6.42 Å². The summed E-state index contributed by atoms with van der Waals surface area (Å²) in [6.45, 7) is 6.18. The predicted octanol–water partition coefficient (Wildman–Crippen LogP) is 2.48. The van der Waals surface area contributed by atoms with Crippen molar-refractivity contribution >= 4 is 17.6 Å². The van der Waals surface area contributed by atoms with Gasteiger partial charge in [-0.05, 0) is 12.8 Å². The normalized spacial score (nSPS) is 10.6. The van der Waals surface area contributed by atoms with Crippen molar-refractivity contribution in [3.05, 3.63) is 5.89 Å². The van der Waals surface area contributed by atoms with Crippen molar-refractivity contribution in [3.63, 3.8) is 0 Å². The highest BCUT2D eigenvalue weighted by atomic mass is 35.5. The highest BCUT2D eigenvalue weighted by molar-refractivity contribution is 6.17. The molecule has 0 aromatic carbocycles. The Kier molecular flexibility index (Phi) is 5.47. The lowest BCUT2D eigenvalue weighted by Crippen LogP contribution is -2.25. The van der Waals surface area contributed by atoms with Gasteiger partial charge in [0.1, 0.15) is 0 Å². The van der Waals surface area contributed by atoms with Crippen LogP contribution in [0.1, 0.15) is 32.6 Å². The predicted molar refractivity (Wildman–Crippen MR) is 61.5 cm³/mol. The van der Waals surface area contributed by atoms with E-state index in [9.17, 15) is 0 Å². The van der Waals surface area contributed by atoms with Crippen LogP contribution in [-0.4, -0.2) is 29.2 Å². The molecule has 0 fully saturated rings. The number of aryl methyl sites for hydroxylation is 1. The van der Waals surface area contributed by atoms with Gasteiger partial charge in [-0.15, -0.1) is 16.7 Å². The van der Waals surface area contributed by atoms with Crippen LogP contribution in [0.3, 0.4) is 0 Å². The number of nitrogens with zero attached hydrogens (tertiary/aromatic N) is 3. The molecule has 4 nitrogen and oxygen atoms in total. The van der Waals surface area contributed by atoms with Crippen LogP contribution in [0, 0.1) is 0 Å². The smallest absolute Gasteiger partial charge is 0.318 e. The van der Waals surface area contributed by atoms with Gasteiger partial charge >= 0.3 is 6.01 Å². The zero-order valence-electron chi connectivity index (χ0n) is 9.37. The monoisotopic (exact) mass is 231 g/mol. The van der Waals surface area contributed by atoms with Gasteiger partial charge in [0.25, 0.3) is 0 Å². The third-order valence-corrected chi connectivity index (χ3v) is 2.21. The Morgan fingerprint density at radius 2 is 1.87 bits per heavy atom. The fourth-order valence-corrected chi connectivity index (χ4v) is 1.56. The van der Waals surface area contributed by atoms with Gasteiger partial charge in [-0.25, -0.2) is 0 Å². The quantitative estimate of drug-likeness (QED) is 0.677. The number of hydrogen-bond donors (Lipinski definition) is 0. The molecule has 0 saturated carbocycles. The Labute approximate surface area is 95.6 Å². The number of anilines is 1. The van der Waals surface area contributed by atoms with Crippen molar-refractivity contribution in [2.24, 2.45) is 0 Å². The highest BCUT2D eigenvalue weighted by Crippen LogP contribution is 2.13. The van der Waals surface area contributed by atoms with E-state index in [1.807, 2.05) is 0 Å². The molecular formula is C10H18ClN3O. The zero-order chi connectivity index (χ0) is 11.1. The van der Waals surface area contributed by atoms with E-state index in [1.165, 1.54) is 0 Å². The van der Waals surface area contributed by atoms with Gasteiger partial charge in [0, 0.05) is 25.4 Å². The van der Waals surface area contributed by atoms with Crippen molar-refractivity contribution < 1.29 is 4.42 Å². The standard InChI is InChI=1S/C10H18ClN3O/c1-3-7-14(8-4-2)10-13-12-9(15-10)5-6-11/h3-8H2,1-2H3. The molecule has 0 saturated heterocycles. The third-order valence-electron chi connectivity index (χ3n) is 2.02. The molecule has 1 aromatic rings. The number of aromatic nitrogens is 2. The van der Waals surface area contributed by atoms with E-state index in [-0.39, 0.29) is 0 Å². The first kappa shape index (κ1) is 12.3. The summed E-state index contributed by atoms with van der Waals surface area (Å²) in [6, 6.07) is 0.624. The molecule has 0 spiro atoms. The maximum atomic E-state index is 5.61. The minimum atomic E-state index is 0.517. The molecule has 1 heterocycles. The van der Waals surface area contributed by atoms with Gasteiger partial charge in [0.15, 0.2) is 0 Å². The maximum Gasteiger partial charge on any atom is 0.318 e. The number of halogens is 1. The second kappa shape index (κ2) is 6.67. The Hall–Kier alpha value is -0.770. The highest BCUT2D eigenvalue weighted by Gasteiger charge is 2.12. The number of alkyl halides is 1. The van der Waals surface area contributed by atoms with E-state index >= 15 is 0 Å². The topological polar surface area (TPSA) is 42.2 Å². The van der Waals surface area contributed by atoms with E-state index < -0.39 is 0 Å². The van der Waals surface area contributed by atoms with Crippen LogP contribution in [0.15, 0.2) is 4.42 Å². The molecule has 0 atom stereocenters. The van der Waals surface area contributed by atoms with Crippen LogP contribution >= 0.6 is 11.6 Å². The van der Waals surface area contributed by atoms with Crippen molar-refractivity contribution in [1.29, 1.82) is 0 Å². The Morgan fingerprint density at radius 3 is 2.40 bits per heavy atom. The SMILES string of the molecule is CCCN(CCC)c1nnc(CCCl)o1. The third kappa shape index (κ3) is 3.70. The van der Waals surface area contributed by atoms with Gasteiger partial charge in [0.2, 0.25) is 5.89 Å². The Morgan fingerprint density at radius 1 is 1.20 bits per heavy atom. The number of hydrogen-bond acceptors (Lipinski definition) is 4. The molecule has 0 aliphatic rings. The van der Waals surface area contributed by atoms with E-state index in [2.05, 4.69) is 28.9 Å². The molecule has 0 aliphatic carbocycles. The lowest BCUT2D eigenvalue weighted by molar-refractivity contribution is 0.486. The van der Waals surface area contributed by atoms with Crippen LogP contribution in [0.2, 0.25) is 0 Å².